The molecule has 0 heterocycles. The van der Waals surface area contributed by atoms with Gasteiger partial charge < -0.3 is 10.4 Å². The Balaban J connectivity index is 1.91. The summed E-state index contributed by atoms with van der Waals surface area (Å²) in [6.07, 6.45) is 1.93. The first-order valence-corrected chi connectivity index (χ1v) is 7.96. The minimum Gasteiger partial charge on any atom is -0.387 e. The lowest BCUT2D eigenvalue weighted by molar-refractivity contribution is 0.169. The molecule has 2 nitrogen and oxygen atoms in total. The predicted molar refractivity (Wildman–Crippen MR) is 90.4 cm³/mol. The number of aliphatic hydroxyl groups excluding tert-OH is 1. The highest BCUT2D eigenvalue weighted by molar-refractivity contribution is 5.83. The summed E-state index contributed by atoms with van der Waals surface area (Å²) < 4.78 is 0. The highest BCUT2D eigenvalue weighted by Gasteiger charge is 2.10. The number of fused-ring (bicyclic) bond motifs is 1. The normalized spacial score (nSPS) is 14.5. The fourth-order valence-corrected chi connectivity index (χ4v) is 2.53. The van der Waals surface area contributed by atoms with Gasteiger partial charge in [-0.05, 0) is 48.1 Å². The van der Waals surface area contributed by atoms with E-state index in [1.165, 1.54) is 17.2 Å². The number of aliphatic hydroxyl groups is 1. The number of rotatable bonds is 7. The molecule has 0 bridgehead atoms. The fourth-order valence-electron chi connectivity index (χ4n) is 2.53. The van der Waals surface area contributed by atoms with Crippen molar-refractivity contribution in [1.82, 2.24) is 5.32 Å². The molecule has 0 radical (unpaired) electrons. The maximum Gasteiger partial charge on any atom is 0.0914 e. The molecule has 21 heavy (non-hydrogen) atoms. The van der Waals surface area contributed by atoms with Gasteiger partial charge in [-0.25, -0.2) is 0 Å². The number of benzene rings is 2. The molecular weight excluding hydrogens is 258 g/mol. The largest absolute Gasteiger partial charge is 0.387 e. The summed E-state index contributed by atoms with van der Waals surface area (Å²) in [6, 6.07) is 14.9. The topological polar surface area (TPSA) is 32.3 Å². The Kier molecular flexibility index (Phi) is 5.77. The van der Waals surface area contributed by atoms with Crippen LogP contribution >= 0.6 is 0 Å². The SMILES string of the molecule is CC(C)CCC(C)NCC(O)c1ccc2ccccc2c1. The van der Waals surface area contributed by atoms with Gasteiger partial charge >= 0.3 is 0 Å². The summed E-state index contributed by atoms with van der Waals surface area (Å²) in [6.45, 7) is 7.29. The molecular formula is C19H27NO. The highest BCUT2D eigenvalue weighted by atomic mass is 16.3. The van der Waals surface area contributed by atoms with E-state index in [9.17, 15) is 5.11 Å². The molecule has 0 aliphatic rings. The van der Waals surface area contributed by atoms with Gasteiger partial charge in [0.1, 0.15) is 0 Å². The van der Waals surface area contributed by atoms with E-state index in [1.54, 1.807) is 0 Å². The van der Waals surface area contributed by atoms with E-state index in [-0.39, 0.29) is 0 Å². The van der Waals surface area contributed by atoms with Crippen LogP contribution < -0.4 is 5.32 Å². The van der Waals surface area contributed by atoms with Crippen LogP contribution in [0.2, 0.25) is 0 Å². The van der Waals surface area contributed by atoms with Gasteiger partial charge in [0.15, 0.2) is 0 Å². The summed E-state index contributed by atoms with van der Waals surface area (Å²) >= 11 is 0. The third kappa shape index (κ3) is 4.83. The van der Waals surface area contributed by atoms with Crippen molar-refractivity contribution >= 4 is 10.8 Å². The van der Waals surface area contributed by atoms with Crippen LogP contribution in [0, 0.1) is 5.92 Å². The van der Waals surface area contributed by atoms with E-state index in [2.05, 4.69) is 50.4 Å². The maximum atomic E-state index is 10.3. The van der Waals surface area contributed by atoms with Crippen LogP contribution in [0.3, 0.4) is 0 Å². The average Bonchev–Trinajstić information content (AvgIpc) is 2.50. The first-order chi connectivity index (χ1) is 10.1. The molecule has 0 aliphatic heterocycles. The molecule has 0 spiro atoms. The second-order valence-electron chi connectivity index (χ2n) is 6.40. The summed E-state index contributed by atoms with van der Waals surface area (Å²) in [4.78, 5) is 0. The van der Waals surface area contributed by atoms with Gasteiger partial charge in [-0.1, -0.05) is 50.2 Å². The maximum absolute atomic E-state index is 10.3. The van der Waals surface area contributed by atoms with Crippen molar-refractivity contribution in [2.45, 2.75) is 45.8 Å². The number of nitrogens with one attached hydrogen (secondary N) is 1. The van der Waals surface area contributed by atoms with E-state index >= 15 is 0 Å². The van der Waals surface area contributed by atoms with Crippen LogP contribution in [-0.2, 0) is 0 Å². The van der Waals surface area contributed by atoms with Crippen LogP contribution in [-0.4, -0.2) is 17.7 Å². The Hall–Kier alpha value is -1.38. The molecule has 0 aliphatic carbocycles. The molecule has 0 amide bonds. The zero-order valence-electron chi connectivity index (χ0n) is 13.3. The number of hydrogen-bond acceptors (Lipinski definition) is 2. The van der Waals surface area contributed by atoms with E-state index in [1.807, 2.05) is 18.2 Å². The smallest absolute Gasteiger partial charge is 0.0914 e. The molecule has 114 valence electrons. The van der Waals surface area contributed by atoms with Gasteiger partial charge in [0.05, 0.1) is 6.10 Å². The lowest BCUT2D eigenvalue weighted by Gasteiger charge is -2.18. The fraction of sp³-hybridized carbons (Fsp3) is 0.474. The standard InChI is InChI=1S/C19H27NO/c1-14(2)8-9-15(3)20-13-19(21)18-11-10-16-6-4-5-7-17(16)12-18/h4-7,10-12,14-15,19-21H,8-9,13H2,1-3H3. The minimum atomic E-state index is -0.448. The van der Waals surface area contributed by atoms with Crippen molar-refractivity contribution in [2.75, 3.05) is 6.54 Å². The molecule has 2 N–H and O–H groups in total. The van der Waals surface area contributed by atoms with Crippen LogP contribution in [0.5, 0.6) is 0 Å². The lowest BCUT2D eigenvalue weighted by Crippen LogP contribution is -2.30. The van der Waals surface area contributed by atoms with Gasteiger partial charge in [-0.2, -0.15) is 0 Å². The summed E-state index contributed by atoms with van der Waals surface area (Å²) in [7, 11) is 0. The van der Waals surface area contributed by atoms with Gasteiger partial charge in [-0.3, -0.25) is 0 Å². The van der Waals surface area contributed by atoms with E-state index < -0.39 is 6.10 Å². The quantitative estimate of drug-likeness (QED) is 0.795. The minimum absolute atomic E-state index is 0.447. The lowest BCUT2D eigenvalue weighted by atomic mass is 10.0. The Labute approximate surface area is 128 Å². The molecule has 2 aromatic rings. The third-order valence-corrected chi connectivity index (χ3v) is 3.99. The summed E-state index contributed by atoms with van der Waals surface area (Å²) in [5.74, 6) is 0.736. The van der Waals surface area contributed by atoms with E-state index in [4.69, 9.17) is 0 Å². The molecule has 2 heteroatoms. The summed E-state index contributed by atoms with van der Waals surface area (Å²) in [5.41, 5.74) is 0.984. The average molecular weight is 285 g/mol. The predicted octanol–water partition coefficient (Wildman–Crippen LogP) is 4.29. The van der Waals surface area contributed by atoms with Crippen molar-refractivity contribution in [3.63, 3.8) is 0 Å². The Morgan fingerprint density at radius 3 is 2.38 bits per heavy atom. The van der Waals surface area contributed by atoms with Gasteiger partial charge in [0.2, 0.25) is 0 Å². The van der Waals surface area contributed by atoms with E-state index in [0.717, 1.165) is 17.9 Å². The van der Waals surface area contributed by atoms with Gasteiger partial charge in [0.25, 0.3) is 0 Å². The van der Waals surface area contributed by atoms with Gasteiger partial charge in [0, 0.05) is 12.6 Å². The molecule has 0 saturated heterocycles. The zero-order chi connectivity index (χ0) is 15.2. The first-order valence-electron chi connectivity index (χ1n) is 7.96. The zero-order valence-corrected chi connectivity index (χ0v) is 13.3. The van der Waals surface area contributed by atoms with Crippen molar-refractivity contribution in [3.8, 4) is 0 Å². The van der Waals surface area contributed by atoms with Crippen LogP contribution in [0.4, 0.5) is 0 Å². The van der Waals surface area contributed by atoms with E-state index in [0.29, 0.717) is 12.6 Å². The second kappa shape index (κ2) is 7.58. The van der Waals surface area contributed by atoms with Crippen LogP contribution in [0.15, 0.2) is 42.5 Å². The summed E-state index contributed by atoms with van der Waals surface area (Å²) in [5, 5.41) is 16.2. The molecule has 2 aromatic carbocycles. The van der Waals surface area contributed by atoms with Gasteiger partial charge in [-0.15, -0.1) is 0 Å². The molecule has 0 fully saturated rings. The van der Waals surface area contributed by atoms with Crippen LogP contribution in [0.25, 0.3) is 10.8 Å². The Bertz CT molecular complexity index is 564. The van der Waals surface area contributed by atoms with Crippen molar-refractivity contribution in [2.24, 2.45) is 5.92 Å². The molecule has 0 aromatic heterocycles. The Morgan fingerprint density at radius 1 is 0.952 bits per heavy atom. The third-order valence-electron chi connectivity index (χ3n) is 3.99. The Morgan fingerprint density at radius 2 is 1.67 bits per heavy atom. The second-order valence-corrected chi connectivity index (χ2v) is 6.40. The highest BCUT2D eigenvalue weighted by Crippen LogP contribution is 2.20. The molecule has 0 saturated carbocycles. The van der Waals surface area contributed by atoms with Crippen molar-refractivity contribution < 1.29 is 5.11 Å². The van der Waals surface area contributed by atoms with Crippen LogP contribution in [0.1, 0.15) is 45.3 Å². The molecule has 2 rings (SSSR count). The monoisotopic (exact) mass is 285 g/mol. The molecule has 2 unspecified atom stereocenters. The van der Waals surface area contributed by atoms with Crippen molar-refractivity contribution in [1.29, 1.82) is 0 Å². The first kappa shape index (κ1) is 16.0. The van der Waals surface area contributed by atoms with Crippen molar-refractivity contribution in [3.05, 3.63) is 48.0 Å². The number of hydrogen-bond donors (Lipinski definition) is 2. The molecule has 2 atom stereocenters.